The molecule has 7 heteroatoms. The van der Waals surface area contributed by atoms with Gasteiger partial charge in [0, 0.05) is 19.2 Å². The Morgan fingerprint density at radius 1 is 1.14 bits per heavy atom. The molecule has 0 radical (unpaired) electrons. The van der Waals surface area contributed by atoms with Gasteiger partial charge >= 0.3 is 6.18 Å². The molecule has 0 amide bonds. The van der Waals surface area contributed by atoms with E-state index in [1.807, 2.05) is 0 Å². The first-order chi connectivity index (χ1) is 9.81. The van der Waals surface area contributed by atoms with Crippen LogP contribution in [0.1, 0.15) is 31.2 Å². The summed E-state index contributed by atoms with van der Waals surface area (Å²) < 4.78 is 38.4. The minimum atomic E-state index is -4.49. The van der Waals surface area contributed by atoms with Crippen molar-refractivity contribution in [3.63, 3.8) is 0 Å². The van der Waals surface area contributed by atoms with Crippen LogP contribution in [0.5, 0.6) is 0 Å². The third kappa shape index (κ3) is 2.69. The number of piperidine rings is 1. The monoisotopic (exact) mass is 300 g/mol. The Morgan fingerprint density at radius 3 is 2.24 bits per heavy atom. The van der Waals surface area contributed by atoms with Crippen molar-refractivity contribution in [3.05, 3.63) is 33.9 Å². The topological polar surface area (TPSA) is 46.4 Å². The molecule has 0 unspecified atom stereocenters. The number of nitrogens with zero attached hydrogens (tertiary/aromatic N) is 2. The van der Waals surface area contributed by atoms with Gasteiger partial charge in [-0.3, -0.25) is 10.1 Å². The Labute approximate surface area is 119 Å². The molecule has 21 heavy (non-hydrogen) atoms. The van der Waals surface area contributed by atoms with Gasteiger partial charge in [-0.25, -0.2) is 0 Å². The molecule has 0 bridgehead atoms. The minimum Gasteiger partial charge on any atom is -0.366 e. The summed E-state index contributed by atoms with van der Waals surface area (Å²) in [4.78, 5) is 12.2. The quantitative estimate of drug-likeness (QED) is 0.613. The second-order valence-corrected chi connectivity index (χ2v) is 5.95. The van der Waals surface area contributed by atoms with E-state index in [-0.39, 0.29) is 11.4 Å². The van der Waals surface area contributed by atoms with E-state index in [1.165, 1.54) is 12.8 Å². The first-order valence-electron chi connectivity index (χ1n) is 6.91. The maximum absolute atomic E-state index is 12.8. The lowest BCUT2D eigenvalue weighted by atomic mass is 9.93. The Morgan fingerprint density at radius 2 is 1.76 bits per heavy atom. The van der Waals surface area contributed by atoms with Crippen molar-refractivity contribution in [2.45, 2.75) is 31.9 Å². The number of nitro benzene ring substituents is 1. The van der Waals surface area contributed by atoms with Crippen molar-refractivity contribution in [1.82, 2.24) is 0 Å². The third-order valence-corrected chi connectivity index (χ3v) is 4.62. The van der Waals surface area contributed by atoms with Crippen LogP contribution in [-0.2, 0) is 6.18 Å². The normalized spacial score (nSPS) is 20.6. The minimum absolute atomic E-state index is 0.0883. The second-order valence-electron chi connectivity index (χ2n) is 5.95. The Bertz CT molecular complexity index is 572. The molecule has 4 nitrogen and oxygen atoms in total. The molecule has 2 fully saturated rings. The van der Waals surface area contributed by atoms with E-state index in [9.17, 15) is 23.3 Å². The molecule has 1 saturated carbocycles. The van der Waals surface area contributed by atoms with E-state index >= 15 is 0 Å². The first kappa shape index (κ1) is 14.2. The van der Waals surface area contributed by atoms with Crippen LogP contribution in [0.3, 0.4) is 0 Å². The number of anilines is 1. The van der Waals surface area contributed by atoms with Gasteiger partial charge in [0.1, 0.15) is 5.69 Å². The fourth-order valence-electron chi connectivity index (χ4n) is 3.01. The number of rotatable bonds is 2. The molecule has 0 aromatic heterocycles. The number of hydrogen-bond acceptors (Lipinski definition) is 3. The molecule has 1 heterocycles. The molecule has 0 N–H and O–H groups in total. The lowest BCUT2D eigenvalue weighted by Crippen LogP contribution is -2.35. The van der Waals surface area contributed by atoms with Gasteiger partial charge in [0.15, 0.2) is 0 Å². The molecule has 0 atom stereocenters. The van der Waals surface area contributed by atoms with Crippen molar-refractivity contribution in [2.24, 2.45) is 5.41 Å². The molecule has 1 aromatic rings. The summed E-state index contributed by atoms with van der Waals surface area (Å²) in [6.45, 7) is 1.17. The smallest absolute Gasteiger partial charge is 0.366 e. The van der Waals surface area contributed by atoms with Crippen LogP contribution in [0.2, 0.25) is 0 Å². The average Bonchev–Trinajstić information content (AvgIpc) is 3.17. The van der Waals surface area contributed by atoms with Gasteiger partial charge in [-0.2, -0.15) is 13.2 Å². The van der Waals surface area contributed by atoms with Gasteiger partial charge < -0.3 is 4.90 Å². The lowest BCUT2D eigenvalue weighted by molar-refractivity contribution is -0.384. The van der Waals surface area contributed by atoms with Gasteiger partial charge in [-0.15, -0.1) is 0 Å². The van der Waals surface area contributed by atoms with E-state index in [0.717, 1.165) is 31.0 Å². The highest BCUT2D eigenvalue weighted by Crippen LogP contribution is 2.54. The highest BCUT2D eigenvalue weighted by molar-refractivity contribution is 5.65. The Kier molecular flexibility index (Phi) is 3.11. The largest absolute Gasteiger partial charge is 0.416 e. The summed E-state index contributed by atoms with van der Waals surface area (Å²) in [7, 11) is 0. The van der Waals surface area contributed by atoms with Crippen molar-refractivity contribution in [2.75, 3.05) is 18.0 Å². The van der Waals surface area contributed by atoms with Crippen molar-refractivity contribution in [1.29, 1.82) is 0 Å². The second kappa shape index (κ2) is 4.61. The highest BCUT2D eigenvalue weighted by Gasteiger charge is 2.45. The number of alkyl halides is 3. The number of nitro groups is 1. The standard InChI is InChI=1S/C14H15F3N2O2/c15-14(16,17)10-1-2-11(19(20)21)12(9-10)18-7-5-13(3-4-13)6-8-18/h1-2,9H,3-8H2. The first-order valence-corrected chi connectivity index (χ1v) is 6.91. The molecule has 1 aliphatic heterocycles. The SMILES string of the molecule is O=[N+]([O-])c1ccc(C(F)(F)F)cc1N1CCC2(CC1)CC2. The molecule has 1 aliphatic carbocycles. The third-order valence-electron chi connectivity index (χ3n) is 4.62. The fraction of sp³-hybridized carbons (Fsp3) is 0.571. The number of halogens is 3. The van der Waals surface area contributed by atoms with E-state index < -0.39 is 16.7 Å². The zero-order valence-electron chi connectivity index (χ0n) is 11.3. The van der Waals surface area contributed by atoms with E-state index in [2.05, 4.69) is 0 Å². The van der Waals surface area contributed by atoms with Gasteiger partial charge in [0.25, 0.3) is 5.69 Å². The molecule has 1 spiro atoms. The highest BCUT2D eigenvalue weighted by atomic mass is 19.4. The summed E-state index contributed by atoms with van der Waals surface area (Å²) in [6, 6.07) is 2.64. The zero-order chi connectivity index (χ0) is 15.3. The van der Waals surface area contributed by atoms with Gasteiger partial charge in [0.2, 0.25) is 0 Å². The maximum atomic E-state index is 12.8. The molecule has 2 aliphatic rings. The van der Waals surface area contributed by atoms with Crippen LogP contribution >= 0.6 is 0 Å². The van der Waals surface area contributed by atoms with Crippen molar-refractivity contribution < 1.29 is 18.1 Å². The van der Waals surface area contributed by atoms with Gasteiger partial charge in [-0.1, -0.05) is 0 Å². The Balaban J connectivity index is 1.92. The van der Waals surface area contributed by atoms with Gasteiger partial charge in [0.05, 0.1) is 10.5 Å². The van der Waals surface area contributed by atoms with Crippen LogP contribution in [-0.4, -0.2) is 18.0 Å². The number of hydrogen-bond donors (Lipinski definition) is 0. The summed E-state index contributed by atoms with van der Waals surface area (Å²) in [5, 5.41) is 11.1. The predicted molar refractivity (Wildman–Crippen MR) is 71.2 cm³/mol. The summed E-state index contributed by atoms with van der Waals surface area (Å²) >= 11 is 0. The Hall–Kier alpha value is -1.79. The zero-order valence-corrected chi connectivity index (χ0v) is 11.3. The molecular weight excluding hydrogens is 285 g/mol. The molecular formula is C14H15F3N2O2. The van der Waals surface area contributed by atoms with Gasteiger partial charge in [-0.05, 0) is 43.2 Å². The van der Waals surface area contributed by atoms with E-state index in [0.29, 0.717) is 18.5 Å². The van der Waals surface area contributed by atoms with Crippen molar-refractivity contribution in [3.8, 4) is 0 Å². The average molecular weight is 300 g/mol. The van der Waals surface area contributed by atoms with Crippen LogP contribution in [0, 0.1) is 15.5 Å². The predicted octanol–water partition coefficient (Wildman–Crippen LogP) is 3.99. The van der Waals surface area contributed by atoms with E-state index in [1.54, 1.807) is 4.90 Å². The molecule has 1 aromatic carbocycles. The summed E-state index contributed by atoms with van der Waals surface area (Å²) in [5.41, 5.74) is -0.637. The molecule has 114 valence electrons. The lowest BCUT2D eigenvalue weighted by Gasteiger charge is -2.33. The fourth-order valence-corrected chi connectivity index (χ4v) is 3.01. The van der Waals surface area contributed by atoms with Crippen LogP contribution in [0.4, 0.5) is 24.5 Å². The van der Waals surface area contributed by atoms with Crippen LogP contribution in [0.15, 0.2) is 18.2 Å². The summed E-state index contributed by atoms with van der Waals surface area (Å²) in [6.07, 6.45) is -0.338. The maximum Gasteiger partial charge on any atom is 0.416 e. The molecule has 1 saturated heterocycles. The van der Waals surface area contributed by atoms with Crippen LogP contribution < -0.4 is 4.90 Å². The number of benzene rings is 1. The van der Waals surface area contributed by atoms with E-state index in [4.69, 9.17) is 0 Å². The van der Waals surface area contributed by atoms with Crippen LogP contribution in [0.25, 0.3) is 0 Å². The summed E-state index contributed by atoms with van der Waals surface area (Å²) in [5.74, 6) is 0. The molecule has 3 rings (SSSR count). The van der Waals surface area contributed by atoms with Crippen molar-refractivity contribution >= 4 is 11.4 Å².